The van der Waals surface area contributed by atoms with E-state index in [1.54, 1.807) is 55.5 Å². The number of nitrogens with zero attached hydrogens (tertiary/aromatic N) is 1. The second kappa shape index (κ2) is 6.50. The first kappa shape index (κ1) is 15.7. The lowest BCUT2D eigenvalue weighted by atomic mass is 10.1. The van der Waals surface area contributed by atoms with Crippen molar-refractivity contribution in [1.29, 1.82) is 0 Å². The van der Waals surface area contributed by atoms with Gasteiger partial charge in [0.1, 0.15) is 0 Å². The Morgan fingerprint density at radius 1 is 1.00 bits per heavy atom. The van der Waals surface area contributed by atoms with Crippen LogP contribution in [0.15, 0.2) is 54.6 Å². The Balaban J connectivity index is 1.98. The van der Waals surface area contributed by atoms with Crippen LogP contribution in [-0.4, -0.2) is 24.4 Å². The van der Waals surface area contributed by atoms with Crippen LogP contribution in [0.4, 0.5) is 5.69 Å². The second-order valence-electron chi connectivity index (χ2n) is 5.14. The fourth-order valence-electron chi connectivity index (χ4n) is 2.59. The first-order chi connectivity index (χ1) is 11.6. The van der Waals surface area contributed by atoms with Crippen LogP contribution in [0.3, 0.4) is 0 Å². The number of imide groups is 1. The highest BCUT2D eigenvalue weighted by Crippen LogP contribution is 2.31. The fraction of sp³-hybridized carbons (Fsp3) is 0.105. The number of para-hydroxylation sites is 1. The largest absolute Gasteiger partial charge is 0.463 e. The van der Waals surface area contributed by atoms with E-state index in [4.69, 9.17) is 4.74 Å². The van der Waals surface area contributed by atoms with Crippen LogP contribution in [0, 0.1) is 0 Å². The zero-order valence-electron chi connectivity index (χ0n) is 13.1. The number of carbonyl (C=O) groups is 3. The lowest BCUT2D eigenvalue weighted by Crippen LogP contribution is -2.30. The lowest BCUT2D eigenvalue weighted by Gasteiger charge is -2.16. The minimum atomic E-state index is -0.477. The summed E-state index contributed by atoms with van der Waals surface area (Å²) in [5.41, 5.74) is 1.78. The number of hydrogen-bond donors (Lipinski definition) is 0. The van der Waals surface area contributed by atoms with Crippen LogP contribution in [0.25, 0.3) is 6.08 Å². The number of amides is 2. The van der Waals surface area contributed by atoms with Gasteiger partial charge in [-0.3, -0.25) is 9.59 Å². The van der Waals surface area contributed by atoms with E-state index in [0.29, 0.717) is 22.4 Å². The topological polar surface area (TPSA) is 63.7 Å². The molecule has 2 aromatic rings. The van der Waals surface area contributed by atoms with Gasteiger partial charge in [0, 0.05) is 6.08 Å². The molecular weight excluding hydrogens is 306 g/mol. The lowest BCUT2D eigenvalue weighted by molar-refractivity contribution is -0.137. The molecule has 1 aliphatic heterocycles. The van der Waals surface area contributed by atoms with Gasteiger partial charge in [-0.25, -0.2) is 9.69 Å². The molecule has 0 aliphatic carbocycles. The van der Waals surface area contributed by atoms with Gasteiger partial charge in [-0.2, -0.15) is 0 Å². The van der Waals surface area contributed by atoms with Crippen molar-refractivity contribution >= 4 is 29.5 Å². The van der Waals surface area contributed by atoms with Crippen LogP contribution in [0.5, 0.6) is 0 Å². The van der Waals surface area contributed by atoms with Crippen molar-refractivity contribution in [2.75, 3.05) is 11.5 Å². The average molecular weight is 321 g/mol. The summed E-state index contributed by atoms with van der Waals surface area (Å²) >= 11 is 0. The molecule has 3 rings (SSSR count). The maximum Gasteiger partial charge on any atom is 0.330 e. The van der Waals surface area contributed by atoms with Gasteiger partial charge < -0.3 is 4.74 Å². The summed E-state index contributed by atoms with van der Waals surface area (Å²) in [6.45, 7) is 2.00. The number of rotatable bonds is 4. The van der Waals surface area contributed by atoms with E-state index in [2.05, 4.69) is 0 Å². The van der Waals surface area contributed by atoms with Crippen LogP contribution >= 0.6 is 0 Å². The maximum atomic E-state index is 12.6. The molecule has 120 valence electrons. The molecule has 0 spiro atoms. The quantitative estimate of drug-likeness (QED) is 0.493. The van der Waals surface area contributed by atoms with Crippen molar-refractivity contribution in [2.45, 2.75) is 6.92 Å². The van der Waals surface area contributed by atoms with Crippen molar-refractivity contribution in [3.05, 3.63) is 71.3 Å². The third-order valence-electron chi connectivity index (χ3n) is 3.66. The van der Waals surface area contributed by atoms with Gasteiger partial charge in [0.25, 0.3) is 11.8 Å². The molecule has 0 aromatic heterocycles. The molecule has 0 N–H and O–H groups in total. The Kier molecular flexibility index (Phi) is 4.24. The third-order valence-corrected chi connectivity index (χ3v) is 3.66. The zero-order chi connectivity index (χ0) is 17.1. The van der Waals surface area contributed by atoms with Crippen molar-refractivity contribution in [1.82, 2.24) is 0 Å². The van der Waals surface area contributed by atoms with E-state index < -0.39 is 5.97 Å². The minimum Gasteiger partial charge on any atom is -0.463 e. The summed E-state index contributed by atoms with van der Waals surface area (Å²) in [7, 11) is 0. The predicted octanol–water partition coefficient (Wildman–Crippen LogP) is 3.06. The molecular formula is C19H15NO4. The zero-order valence-corrected chi connectivity index (χ0v) is 13.1. The Bertz CT molecular complexity index is 819. The van der Waals surface area contributed by atoms with Crippen LogP contribution in [0.1, 0.15) is 33.2 Å². The highest BCUT2D eigenvalue weighted by molar-refractivity contribution is 6.34. The number of hydrogen-bond acceptors (Lipinski definition) is 4. The molecule has 1 aliphatic rings. The van der Waals surface area contributed by atoms with Crippen molar-refractivity contribution in [3.63, 3.8) is 0 Å². The normalized spacial score (nSPS) is 13.5. The second-order valence-corrected chi connectivity index (χ2v) is 5.14. The van der Waals surface area contributed by atoms with E-state index in [1.807, 2.05) is 0 Å². The molecule has 0 radical (unpaired) electrons. The maximum absolute atomic E-state index is 12.6. The van der Waals surface area contributed by atoms with Gasteiger partial charge in [0.05, 0.1) is 23.4 Å². The monoisotopic (exact) mass is 321 g/mol. The van der Waals surface area contributed by atoms with Gasteiger partial charge in [0.15, 0.2) is 0 Å². The first-order valence-corrected chi connectivity index (χ1v) is 7.55. The molecule has 0 saturated carbocycles. The third kappa shape index (κ3) is 2.72. The van der Waals surface area contributed by atoms with Crippen molar-refractivity contribution in [2.24, 2.45) is 0 Å². The molecule has 2 aromatic carbocycles. The van der Waals surface area contributed by atoms with Gasteiger partial charge in [-0.05, 0) is 36.8 Å². The molecule has 0 atom stereocenters. The Morgan fingerprint density at radius 2 is 1.58 bits per heavy atom. The van der Waals surface area contributed by atoms with Crippen molar-refractivity contribution < 1.29 is 19.1 Å². The van der Waals surface area contributed by atoms with Crippen LogP contribution in [-0.2, 0) is 9.53 Å². The highest BCUT2D eigenvalue weighted by atomic mass is 16.5. The summed E-state index contributed by atoms with van der Waals surface area (Å²) in [6, 6.07) is 13.6. The number of benzene rings is 2. The van der Waals surface area contributed by atoms with Crippen LogP contribution in [0.2, 0.25) is 0 Å². The molecule has 0 bridgehead atoms. The number of ether oxygens (including phenoxy) is 1. The first-order valence-electron chi connectivity index (χ1n) is 7.55. The number of esters is 1. The standard InChI is InChI=1S/C19H15NO4/c1-2-24-17(21)12-11-13-7-3-6-10-16(13)20-18(22)14-8-4-5-9-15(14)19(20)23/h3-12H,2H2,1H3. The smallest absolute Gasteiger partial charge is 0.330 e. The SMILES string of the molecule is CCOC(=O)C=Cc1ccccc1N1C(=O)c2ccccc2C1=O. The van der Waals surface area contributed by atoms with Gasteiger partial charge >= 0.3 is 5.97 Å². The van der Waals surface area contributed by atoms with E-state index in [-0.39, 0.29) is 18.4 Å². The van der Waals surface area contributed by atoms with E-state index in [1.165, 1.54) is 12.2 Å². The molecule has 24 heavy (non-hydrogen) atoms. The summed E-state index contributed by atoms with van der Waals surface area (Å²) in [4.78, 5) is 37.8. The molecule has 0 fully saturated rings. The number of fused-ring (bicyclic) bond motifs is 1. The average Bonchev–Trinajstić information content (AvgIpc) is 2.85. The minimum absolute atomic E-state index is 0.281. The van der Waals surface area contributed by atoms with Crippen LogP contribution < -0.4 is 4.90 Å². The van der Waals surface area contributed by atoms with E-state index in [0.717, 1.165) is 4.90 Å². The Hall–Kier alpha value is -3.21. The number of anilines is 1. The van der Waals surface area contributed by atoms with Gasteiger partial charge in [-0.1, -0.05) is 30.3 Å². The fourth-order valence-corrected chi connectivity index (χ4v) is 2.59. The van der Waals surface area contributed by atoms with Gasteiger partial charge in [0.2, 0.25) is 0 Å². The van der Waals surface area contributed by atoms with Crippen molar-refractivity contribution in [3.8, 4) is 0 Å². The summed E-state index contributed by atoms with van der Waals surface area (Å²) < 4.78 is 4.85. The Labute approximate surface area is 139 Å². The molecule has 2 amide bonds. The number of carbonyl (C=O) groups excluding carboxylic acids is 3. The van der Waals surface area contributed by atoms with E-state index >= 15 is 0 Å². The highest BCUT2D eigenvalue weighted by Gasteiger charge is 2.36. The molecule has 0 unspecified atom stereocenters. The molecule has 5 heteroatoms. The molecule has 5 nitrogen and oxygen atoms in total. The molecule has 0 saturated heterocycles. The Morgan fingerprint density at radius 3 is 2.21 bits per heavy atom. The summed E-state index contributed by atoms with van der Waals surface area (Å²) in [5, 5.41) is 0. The molecule has 1 heterocycles. The predicted molar refractivity (Wildman–Crippen MR) is 89.7 cm³/mol. The summed E-state index contributed by atoms with van der Waals surface area (Å²) in [6.07, 6.45) is 2.82. The summed E-state index contributed by atoms with van der Waals surface area (Å²) in [5.74, 6) is -1.21. The van der Waals surface area contributed by atoms with Gasteiger partial charge in [-0.15, -0.1) is 0 Å². The van der Waals surface area contributed by atoms with E-state index in [9.17, 15) is 14.4 Å².